The second-order valence-electron chi connectivity index (χ2n) is 3.50. The van der Waals surface area contributed by atoms with Gasteiger partial charge in [-0.1, -0.05) is 6.92 Å². The van der Waals surface area contributed by atoms with E-state index in [2.05, 4.69) is 9.97 Å². The quantitative estimate of drug-likeness (QED) is 0.843. The Morgan fingerprint density at radius 2 is 2.25 bits per heavy atom. The summed E-state index contributed by atoms with van der Waals surface area (Å²) in [6.45, 7) is 3.09. The molecule has 0 aliphatic heterocycles. The van der Waals surface area contributed by atoms with Gasteiger partial charge in [0.1, 0.15) is 18.2 Å². The van der Waals surface area contributed by atoms with Crippen molar-refractivity contribution in [1.82, 2.24) is 9.97 Å². The van der Waals surface area contributed by atoms with Crippen LogP contribution < -0.4 is 10.5 Å². The van der Waals surface area contributed by atoms with Crippen molar-refractivity contribution in [2.75, 3.05) is 13.2 Å². The highest BCUT2D eigenvalue weighted by atomic mass is 16.5. The molecule has 16 heavy (non-hydrogen) atoms. The molecule has 0 atom stereocenters. The number of aromatic nitrogens is 2. The molecule has 0 aliphatic rings. The minimum atomic E-state index is 0.517. The van der Waals surface area contributed by atoms with Crippen molar-refractivity contribution >= 4 is 10.9 Å². The highest BCUT2D eigenvalue weighted by Crippen LogP contribution is 2.18. The summed E-state index contributed by atoms with van der Waals surface area (Å²) in [5.74, 6) is 1.67. The van der Waals surface area contributed by atoms with Crippen molar-refractivity contribution in [3.8, 4) is 5.75 Å². The van der Waals surface area contributed by atoms with E-state index in [-0.39, 0.29) is 0 Å². The monoisotopic (exact) mass is 217 g/mol. The summed E-state index contributed by atoms with van der Waals surface area (Å²) in [5, 5.41) is 0.992. The van der Waals surface area contributed by atoms with Gasteiger partial charge in [0.2, 0.25) is 0 Å². The zero-order valence-electron chi connectivity index (χ0n) is 9.31. The number of aryl methyl sites for hydroxylation is 1. The van der Waals surface area contributed by atoms with Crippen LogP contribution in [0.5, 0.6) is 5.75 Å². The van der Waals surface area contributed by atoms with Gasteiger partial charge in [0.15, 0.2) is 0 Å². The topological polar surface area (TPSA) is 61.0 Å². The third-order valence-corrected chi connectivity index (χ3v) is 2.30. The van der Waals surface area contributed by atoms with Crippen molar-refractivity contribution in [1.29, 1.82) is 0 Å². The Morgan fingerprint density at radius 1 is 1.38 bits per heavy atom. The Labute approximate surface area is 94.5 Å². The van der Waals surface area contributed by atoms with Crippen LogP contribution in [0.2, 0.25) is 0 Å². The van der Waals surface area contributed by atoms with E-state index in [1.54, 1.807) is 0 Å². The molecule has 0 saturated heterocycles. The first-order chi connectivity index (χ1) is 7.83. The Kier molecular flexibility index (Phi) is 3.31. The fourth-order valence-electron chi connectivity index (χ4n) is 1.49. The number of fused-ring (bicyclic) bond motifs is 1. The van der Waals surface area contributed by atoms with Crippen LogP contribution in [0, 0.1) is 0 Å². The minimum Gasteiger partial charge on any atom is -0.492 e. The maximum atomic E-state index is 5.44. The zero-order valence-corrected chi connectivity index (χ0v) is 9.31. The predicted molar refractivity (Wildman–Crippen MR) is 63.5 cm³/mol. The van der Waals surface area contributed by atoms with E-state index in [4.69, 9.17) is 10.5 Å². The van der Waals surface area contributed by atoms with Crippen molar-refractivity contribution in [3.63, 3.8) is 0 Å². The predicted octanol–water partition coefficient (Wildman–Crippen LogP) is 1.53. The second kappa shape index (κ2) is 4.90. The lowest BCUT2D eigenvalue weighted by molar-refractivity contribution is 0.329. The van der Waals surface area contributed by atoms with Crippen LogP contribution in [0.1, 0.15) is 12.7 Å². The van der Waals surface area contributed by atoms with E-state index >= 15 is 0 Å². The van der Waals surface area contributed by atoms with Crippen molar-refractivity contribution in [2.24, 2.45) is 5.73 Å². The molecule has 1 aromatic carbocycles. The summed E-state index contributed by atoms with van der Waals surface area (Å²) in [4.78, 5) is 8.68. The van der Waals surface area contributed by atoms with Crippen LogP contribution in [0.3, 0.4) is 0 Å². The van der Waals surface area contributed by atoms with E-state index in [1.807, 2.05) is 31.3 Å². The first-order valence-corrected chi connectivity index (χ1v) is 5.42. The normalized spacial score (nSPS) is 10.6. The highest BCUT2D eigenvalue weighted by molar-refractivity contribution is 5.79. The lowest BCUT2D eigenvalue weighted by Crippen LogP contribution is -2.10. The Balaban J connectivity index is 2.32. The lowest BCUT2D eigenvalue weighted by Gasteiger charge is -2.05. The molecule has 1 aromatic heterocycles. The van der Waals surface area contributed by atoms with Gasteiger partial charge in [-0.25, -0.2) is 9.97 Å². The molecular weight excluding hydrogens is 202 g/mol. The maximum absolute atomic E-state index is 5.44. The minimum absolute atomic E-state index is 0.517. The first-order valence-electron chi connectivity index (χ1n) is 5.42. The highest BCUT2D eigenvalue weighted by Gasteiger charge is 2.00. The number of rotatable bonds is 4. The van der Waals surface area contributed by atoms with Gasteiger partial charge in [-0.3, -0.25) is 0 Å². The molecule has 4 heteroatoms. The van der Waals surface area contributed by atoms with Crippen molar-refractivity contribution in [2.45, 2.75) is 13.3 Å². The average molecular weight is 217 g/mol. The molecule has 84 valence electrons. The van der Waals surface area contributed by atoms with E-state index in [1.165, 1.54) is 0 Å². The second-order valence-corrected chi connectivity index (χ2v) is 3.50. The molecule has 0 aliphatic carbocycles. The summed E-state index contributed by atoms with van der Waals surface area (Å²) in [7, 11) is 0. The summed E-state index contributed by atoms with van der Waals surface area (Å²) < 4.78 is 5.44. The molecule has 0 saturated carbocycles. The standard InChI is InChI=1S/C12H15N3O/c1-2-12-14-8-9-7-10(16-6-5-13)3-4-11(9)15-12/h3-4,7-8H,2,5-6,13H2,1H3. The maximum Gasteiger partial charge on any atom is 0.128 e. The molecule has 4 nitrogen and oxygen atoms in total. The molecule has 2 N–H and O–H groups in total. The number of benzene rings is 1. The van der Waals surface area contributed by atoms with Crippen LogP contribution in [-0.4, -0.2) is 23.1 Å². The largest absolute Gasteiger partial charge is 0.492 e. The number of nitrogens with two attached hydrogens (primary N) is 1. The molecular formula is C12H15N3O. The Bertz CT molecular complexity index is 485. The van der Waals surface area contributed by atoms with Crippen LogP contribution in [0.15, 0.2) is 24.4 Å². The van der Waals surface area contributed by atoms with Gasteiger partial charge in [-0.2, -0.15) is 0 Å². The molecule has 0 amide bonds. The molecule has 0 unspecified atom stereocenters. The number of hydrogen-bond acceptors (Lipinski definition) is 4. The van der Waals surface area contributed by atoms with Gasteiger partial charge >= 0.3 is 0 Å². The van der Waals surface area contributed by atoms with Crippen LogP contribution in [0.4, 0.5) is 0 Å². The van der Waals surface area contributed by atoms with Gasteiger partial charge in [0, 0.05) is 24.5 Å². The Hall–Kier alpha value is -1.68. The summed E-state index contributed by atoms with van der Waals surface area (Å²) >= 11 is 0. The summed E-state index contributed by atoms with van der Waals surface area (Å²) in [5.41, 5.74) is 6.33. The van der Waals surface area contributed by atoms with Gasteiger partial charge in [0.25, 0.3) is 0 Å². The van der Waals surface area contributed by atoms with Crippen LogP contribution in [-0.2, 0) is 6.42 Å². The molecule has 1 heterocycles. The van der Waals surface area contributed by atoms with E-state index < -0.39 is 0 Å². The van der Waals surface area contributed by atoms with Crippen molar-refractivity contribution < 1.29 is 4.74 Å². The summed E-state index contributed by atoms with van der Waals surface area (Å²) in [6.07, 6.45) is 2.68. The Morgan fingerprint density at radius 3 is 3.00 bits per heavy atom. The van der Waals surface area contributed by atoms with Crippen molar-refractivity contribution in [3.05, 3.63) is 30.2 Å². The third-order valence-electron chi connectivity index (χ3n) is 2.30. The number of hydrogen-bond donors (Lipinski definition) is 1. The number of nitrogens with zero attached hydrogens (tertiary/aromatic N) is 2. The molecule has 2 aromatic rings. The van der Waals surface area contributed by atoms with Gasteiger partial charge in [-0.05, 0) is 18.2 Å². The van der Waals surface area contributed by atoms with Crippen LogP contribution in [0.25, 0.3) is 10.9 Å². The van der Waals surface area contributed by atoms with Gasteiger partial charge in [0.05, 0.1) is 5.52 Å². The molecule has 0 bridgehead atoms. The molecule has 0 spiro atoms. The van der Waals surface area contributed by atoms with E-state index in [9.17, 15) is 0 Å². The van der Waals surface area contributed by atoms with Gasteiger partial charge < -0.3 is 10.5 Å². The third kappa shape index (κ3) is 2.28. The number of ether oxygens (including phenoxy) is 1. The lowest BCUT2D eigenvalue weighted by atomic mass is 10.2. The SMILES string of the molecule is CCc1ncc2cc(OCCN)ccc2n1. The van der Waals surface area contributed by atoms with Crippen LogP contribution >= 0.6 is 0 Å². The summed E-state index contributed by atoms with van der Waals surface area (Å²) in [6, 6.07) is 5.79. The zero-order chi connectivity index (χ0) is 11.4. The smallest absolute Gasteiger partial charge is 0.128 e. The van der Waals surface area contributed by atoms with E-state index in [0.717, 1.165) is 28.9 Å². The van der Waals surface area contributed by atoms with Gasteiger partial charge in [-0.15, -0.1) is 0 Å². The molecule has 0 radical (unpaired) electrons. The average Bonchev–Trinajstić information content (AvgIpc) is 2.35. The fraction of sp³-hybridized carbons (Fsp3) is 0.333. The van der Waals surface area contributed by atoms with E-state index in [0.29, 0.717) is 13.2 Å². The molecule has 2 rings (SSSR count). The molecule has 0 fully saturated rings. The first kappa shape index (κ1) is 10.8. The fourth-order valence-corrected chi connectivity index (χ4v) is 1.49.